The van der Waals surface area contributed by atoms with Crippen LogP contribution in [0, 0.1) is 0 Å². The molecule has 1 amide bonds. The van der Waals surface area contributed by atoms with Gasteiger partial charge in [0, 0.05) is 0 Å². The molecule has 5 nitrogen and oxygen atoms in total. The molecule has 0 aliphatic carbocycles. The minimum atomic E-state index is -1.09. The first-order valence-corrected chi connectivity index (χ1v) is 10.7. The summed E-state index contributed by atoms with van der Waals surface area (Å²) in [4.78, 5) is 31.2. The van der Waals surface area contributed by atoms with Crippen molar-refractivity contribution in [2.75, 3.05) is 5.32 Å². The van der Waals surface area contributed by atoms with Gasteiger partial charge in [-0.2, -0.15) is 0 Å². The van der Waals surface area contributed by atoms with E-state index in [1.165, 1.54) is 11.3 Å². The second-order valence-electron chi connectivity index (χ2n) is 5.30. The van der Waals surface area contributed by atoms with Crippen molar-refractivity contribution in [3.8, 4) is 11.1 Å². The maximum atomic E-state index is 12.6. The van der Waals surface area contributed by atoms with Gasteiger partial charge >= 0.3 is 171 Å². The number of hydrogen-bond donors (Lipinski definition) is 2. The van der Waals surface area contributed by atoms with Crippen LogP contribution in [0.25, 0.3) is 23.3 Å². The molecule has 2 aromatic heterocycles. The number of amides is 1. The van der Waals surface area contributed by atoms with Crippen molar-refractivity contribution in [3.63, 3.8) is 0 Å². The number of aromatic nitrogens is 1. The summed E-state index contributed by atoms with van der Waals surface area (Å²) >= 11 is 6.76. The third kappa shape index (κ3) is 3.96. The minimum absolute atomic E-state index is 0.0927. The van der Waals surface area contributed by atoms with Gasteiger partial charge in [-0.3, -0.25) is 0 Å². The molecule has 0 bridgehead atoms. The molecule has 1 aromatic carbocycles. The number of thiazole rings is 1. The Morgan fingerprint density at radius 3 is 2.48 bits per heavy atom. The first kappa shape index (κ1) is 19.3. The Morgan fingerprint density at radius 1 is 1.22 bits per heavy atom. The summed E-state index contributed by atoms with van der Waals surface area (Å²) < 4.78 is 0.389. The van der Waals surface area contributed by atoms with Crippen molar-refractivity contribution in [2.45, 2.75) is 0 Å². The summed E-state index contributed by atoms with van der Waals surface area (Å²) in [7, 11) is 0. The zero-order chi connectivity index (χ0) is 19.6. The number of hydrogen-bond acceptors (Lipinski definition) is 4. The normalized spacial score (nSPS) is 10.4. The molecule has 0 radical (unpaired) electrons. The van der Waals surface area contributed by atoms with Crippen molar-refractivity contribution in [1.82, 2.24) is 4.98 Å². The summed E-state index contributed by atoms with van der Waals surface area (Å²) in [5.41, 5.74) is 1.98. The molecule has 2 N–H and O–H groups in total. The van der Waals surface area contributed by atoms with Crippen LogP contribution in [-0.2, 0) is 0 Å². The molecule has 0 aliphatic rings. The van der Waals surface area contributed by atoms with E-state index < -0.39 is 11.9 Å². The van der Waals surface area contributed by atoms with Gasteiger partial charge in [0.1, 0.15) is 0 Å². The number of carbonyl (C=O) groups excluding carboxylic acids is 1. The number of carboxylic acid groups (broad SMARTS) is 1. The third-order valence-corrected chi connectivity index (χ3v) is 6.84. The van der Waals surface area contributed by atoms with Gasteiger partial charge in [0.15, 0.2) is 0 Å². The van der Waals surface area contributed by atoms with Crippen LogP contribution in [0.2, 0.25) is 5.02 Å². The fourth-order valence-corrected chi connectivity index (χ4v) is 5.34. The monoisotopic (exact) mass is 464 g/mol. The Labute approximate surface area is 170 Å². The third-order valence-electron chi connectivity index (χ3n) is 3.64. The Kier molecular flexibility index (Phi) is 5.77. The molecule has 136 valence electrons. The molecule has 0 saturated carbocycles. The Bertz CT molecular complexity index is 1030. The Morgan fingerprint density at radius 2 is 1.93 bits per heavy atom. The van der Waals surface area contributed by atoms with Gasteiger partial charge < -0.3 is 0 Å². The molecule has 2 heterocycles. The van der Waals surface area contributed by atoms with E-state index in [-0.39, 0.29) is 25.1 Å². The number of carboxylic acids is 1. The SMILES string of the molecule is C=Cc1nc(C(=O)Nc2[se]cc(-c3ccc(Cl)cc3)c2C(=O)O)sc1C=C. The van der Waals surface area contributed by atoms with E-state index in [1.54, 1.807) is 36.4 Å². The number of aromatic carboxylic acids is 1. The molecule has 0 spiro atoms. The standard InChI is InChI=1S/C19H13ClN2O3SSe/c1-3-13-14(4-2)26-17(21-13)16(23)22-18-15(19(24)25)12(9-27-18)10-5-7-11(20)8-6-10/h3-9H,1-2H2,(H,22,23)(H,24,25). The first-order chi connectivity index (χ1) is 12.9. The van der Waals surface area contributed by atoms with E-state index in [2.05, 4.69) is 23.5 Å². The van der Waals surface area contributed by atoms with E-state index >= 15 is 0 Å². The van der Waals surface area contributed by atoms with Crippen LogP contribution in [0.1, 0.15) is 30.7 Å². The molecule has 0 aliphatic heterocycles. The van der Waals surface area contributed by atoms with Crippen LogP contribution in [0.15, 0.2) is 42.4 Å². The van der Waals surface area contributed by atoms with E-state index in [1.807, 2.05) is 4.94 Å². The summed E-state index contributed by atoms with van der Waals surface area (Å²) in [5.74, 6) is -1.54. The summed E-state index contributed by atoms with van der Waals surface area (Å²) in [6.07, 6.45) is 3.15. The number of carbonyl (C=O) groups is 2. The van der Waals surface area contributed by atoms with Crippen LogP contribution in [0.4, 0.5) is 4.56 Å². The van der Waals surface area contributed by atoms with Crippen molar-refractivity contribution in [2.24, 2.45) is 0 Å². The van der Waals surface area contributed by atoms with E-state index in [0.29, 0.717) is 20.8 Å². The summed E-state index contributed by atoms with van der Waals surface area (Å²) in [6, 6.07) is 6.91. The second-order valence-corrected chi connectivity index (χ2v) is 8.61. The predicted octanol–water partition coefficient (Wildman–Crippen LogP) is 4.76. The number of benzene rings is 1. The van der Waals surface area contributed by atoms with Crippen molar-refractivity contribution >= 4 is 66.0 Å². The van der Waals surface area contributed by atoms with Crippen molar-refractivity contribution < 1.29 is 14.7 Å². The number of halogens is 1. The number of anilines is 1. The zero-order valence-electron chi connectivity index (χ0n) is 13.9. The number of nitrogens with zero attached hydrogens (tertiary/aromatic N) is 1. The van der Waals surface area contributed by atoms with Crippen molar-refractivity contribution in [3.05, 3.63) is 68.5 Å². The van der Waals surface area contributed by atoms with E-state index in [0.717, 1.165) is 10.4 Å². The van der Waals surface area contributed by atoms with Crippen molar-refractivity contribution in [1.29, 1.82) is 0 Å². The van der Waals surface area contributed by atoms with Gasteiger partial charge in [-0.05, 0) is 0 Å². The van der Waals surface area contributed by atoms with Gasteiger partial charge in [0.25, 0.3) is 0 Å². The first-order valence-electron chi connectivity index (χ1n) is 7.62. The fraction of sp³-hybridized carbons (Fsp3) is 0. The fourth-order valence-electron chi connectivity index (χ4n) is 2.39. The van der Waals surface area contributed by atoms with Gasteiger partial charge in [-0.15, -0.1) is 0 Å². The van der Waals surface area contributed by atoms with Crippen LogP contribution in [0.3, 0.4) is 0 Å². The average molecular weight is 464 g/mol. The van der Waals surface area contributed by atoms with E-state index in [4.69, 9.17) is 11.6 Å². The zero-order valence-corrected chi connectivity index (χ0v) is 17.1. The molecule has 0 saturated heterocycles. The predicted molar refractivity (Wildman–Crippen MR) is 111 cm³/mol. The molecular weight excluding hydrogens is 451 g/mol. The van der Waals surface area contributed by atoms with Gasteiger partial charge in [-0.25, -0.2) is 0 Å². The van der Waals surface area contributed by atoms with Crippen LogP contribution in [0.5, 0.6) is 0 Å². The molecule has 8 heteroatoms. The van der Waals surface area contributed by atoms with Crippen LogP contribution >= 0.6 is 22.9 Å². The Hall–Kier alpha value is -2.44. The molecule has 3 aromatic rings. The number of rotatable bonds is 6. The maximum absolute atomic E-state index is 12.6. The van der Waals surface area contributed by atoms with E-state index in [9.17, 15) is 14.7 Å². The topological polar surface area (TPSA) is 79.3 Å². The molecule has 0 atom stereocenters. The average Bonchev–Trinajstić information content (AvgIpc) is 3.26. The summed E-state index contributed by atoms with van der Waals surface area (Å²) in [5, 5.41) is 13.2. The van der Waals surface area contributed by atoms with Gasteiger partial charge in [0.05, 0.1) is 0 Å². The number of nitrogens with one attached hydrogen (secondary N) is 1. The second kappa shape index (κ2) is 8.06. The quantitative estimate of drug-likeness (QED) is 0.517. The summed E-state index contributed by atoms with van der Waals surface area (Å²) in [6.45, 7) is 7.35. The molecule has 3 rings (SSSR count). The molecule has 0 fully saturated rings. The van der Waals surface area contributed by atoms with Gasteiger partial charge in [-0.1, -0.05) is 0 Å². The Balaban J connectivity index is 1.95. The van der Waals surface area contributed by atoms with Crippen LogP contribution in [-0.4, -0.2) is 36.5 Å². The van der Waals surface area contributed by atoms with Crippen LogP contribution < -0.4 is 5.32 Å². The molecular formula is C19H13ClN2O3SSe. The van der Waals surface area contributed by atoms with Gasteiger partial charge in [0.2, 0.25) is 0 Å². The molecule has 27 heavy (non-hydrogen) atoms. The molecule has 0 unspecified atom stereocenters.